The summed E-state index contributed by atoms with van der Waals surface area (Å²) in [5.41, 5.74) is 1.55. The molecule has 0 radical (unpaired) electrons. The van der Waals surface area contributed by atoms with Gasteiger partial charge < -0.3 is 19.7 Å². The number of ether oxygens (including phenoxy) is 2. The number of sulfonamides is 1. The topological polar surface area (TPSA) is 114 Å². The van der Waals surface area contributed by atoms with E-state index in [0.29, 0.717) is 22.7 Å². The number of benzene rings is 2. The highest BCUT2D eigenvalue weighted by molar-refractivity contribution is 7.92. The number of likely N-dealkylation sites (N-methyl/N-ethyl adjacent to an activating group) is 1. The van der Waals surface area contributed by atoms with Crippen LogP contribution in [0.2, 0.25) is 0 Å². The van der Waals surface area contributed by atoms with Crippen molar-refractivity contribution in [3.8, 4) is 11.5 Å². The molecule has 0 saturated carbocycles. The lowest BCUT2D eigenvalue weighted by atomic mass is 10.1. The third-order valence-electron chi connectivity index (χ3n) is 3.98. The zero-order chi connectivity index (χ0) is 22.3. The van der Waals surface area contributed by atoms with Crippen LogP contribution in [-0.2, 0) is 21.4 Å². The van der Waals surface area contributed by atoms with Crippen molar-refractivity contribution in [3.63, 3.8) is 0 Å². The van der Waals surface area contributed by atoms with Gasteiger partial charge in [-0.2, -0.15) is 0 Å². The molecule has 2 aromatic carbocycles. The Morgan fingerprint density at radius 2 is 1.70 bits per heavy atom. The quantitative estimate of drug-likeness (QED) is 0.617. The third kappa shape index (κ3) is 6.96. The molecule has 2 aromatic rings. The van der Waals surface area contributed by atoms with Crippen molar-refractivity contribution in [2.45, 2.75) is 6.54 Å². The van der Waals surface area contributed by atoms with Crippen LogP contribution < -0.4 is 19.5 Å². The van der Waals surface area contributed by atoms with E-state index >= 15 is 0 Å². The summed E-state index contributed by atoms with van der Waals surface area (Å²) < 4.78 is 35.6. The lowest BCUT2D eigenvalue weighted by Crippen LogP contribution is -2.27. The van der Waals surface area contributed by atoms with Gasteiger partial charge in [-0.3, -0.25) is 14.3 Å². The minimum atomic E-state index is -3.37. The summed E-state index contributed by atoms with van der Waals surface area (Å²) in [4.78, 5) is 25.4. The molecule has 0 heterocycles. The second kappa shape index (κ2) is 9.97. The van der Waals surface area contributed by atoms with E-state index in [-0.39, 0.29) is 25.0 Å². The van der Waals surface area contributed by atoms with E-state index in [4.69, 9.17) is 9.47 Å². The number of anilines is 1. The highest BCUT2D eigenvalue weighted by atomic mass is 32.2. The van der Waals surface area contributed by atoms with Gasteiger partial charge in [-0.15, -0.1) is 0 Å². The number of hydrogen-bond donors (Lipinski definition) is 2. The molecule has 0 fully saturated rings. The van der Waals surface area contributed by atoms with Crippen LogP contribution in [0.5, 0.6) is 11.5 Å². The monoisotopic (exact) mass is 435 g/mol. The number of amides is 2. The van der Waals surface area contributed by atoms with Gasteiger partial charge in [0.15, 0.2) is 18.1 Å². The third-order valence-corrected chi connectivity index (χ3v) is 4.59. The number of carbonyl (C=O) groups excluding carboxylic acids is 2. The Balaban J connectivity index is 1.98. The molecule has 0 atom stereocenters. The highest BCUT2D eigenvalue weighted by Crippen LogP contribution is 2.28. The van der Waals surface area contributed by atoms with E-state index in [9.17, 15) is 18.0 Å². The maximum atomic E-state index is 12.3. The molecule has 0 aliphatic carbocycles. The van der Waals surface area contributed by atoms with E-state index in [1.54, 1.807) is 32.3 Å². The fourth-order valence-corrected chi connectivity index (χ4v) is 2.96. The molecule has 0 aromatic heterocycles. The maximum absolute atomic E-state index is 12.3. The molecule has 0 bridgehead atoms. The molecule has 0 unspecified atom stereocenters. The Morgan fingerprint density at radius 1 is 1.03 bits per heavy atom. The van der Waals surface area contributed by atoms with Crippen LogP contribution in [0.15, 0.2) is 42.5 Å². The van der Waals surface area contributed by atoms with Crippen molar-refractivity contribution >= 4 is 27.5 Å². The minimum Gasteiger partial charge on any atom is -0.493 e. The van der Waals surface area contributed by atoms with E-state index < -0.39 is 10.0 Å². The van der Waals surface area contributed by atoms with Crippen molar-refractivity contribution in [1.29, 1.82) is 0 Å². The predicted molar refractivity (Wildman–Crippen MR) is 113 cm³/mol. The first-order chi connectivity index (χ1) is 14.1. The summed E-state index contributed by atoms with van der Waals surface area (Å²) in [6, 6.07) is 11.2. The number of methoxy groups -OCH3 is 1. The number of hydrogen-bond acceptors (Lipinski definition) is 6. The summed E-state index contributed by atoms with van der Waals surface area (Å²) in [6.45, 7) is 0.138. The zero-order valence-electron chi connectivity index (χ0n) is 17.3. The van der Waals surface area contributed by atoms with Crippen LogP contribution in [0.4, 0.5) is 5.69 Å². The van der Waals surface area contributed by atoms with Gasteiger partial charge in [0.25, 0.3) is 11.8 Å². The van der Waals surface area contributed by atoms with Crippen LogP contribution >= 0.6 is 0 Å². The van der Waals surface area contributed by atoms with Crippen molar-refractivity contribution in [2.24, 2.45) is 0 Å². The minimum absolute atomic E-state index is 0.108. The fraction of sp³-hybridized carbons (Fsp3) is 0.300. The normalized spacial score (nSPS) is 10.8. The summed E-state index contributed by atoms with van der Waals surface area (Å²) in [5, 5.41) is 2.78. The highest BCUT2D eigenvalue weighted by Gasteiger charge is 2.11. The van der Waals surface area contributed by atoms with Gasteiger partial charge in [0.1, 0.15) is 0 Å². The molecule has 0 spiro atoms. The van der Waals surface area contributed by atoms with Crippen molar-refractivity contribution in [2.75, 3.05) is 38.8 Å². The lowest BCUT2D eigenvalue weighted by Gasteiger charge is -2.14. The van der Waals surface area contributed by atoms with Gasteiger partial charge >= 0.3 is 0 Å². The van der Waals surface area contributed by atoms with Gasteiger partial charge in [0.2, 0.25) is 10.0 Å². The Bertz CT molecular complexity index is 1000. The van der Waals surface area contributed by atoms with Crippen LogP contribution in [-0.4, -0.2) is 59.2 Å². The Morgan fingerprint density at radius 3 is 2.27 bits per heavy atom. The summed E-state index contributed by atoms with van der Waals surface area (Å²) >= 11 is 0. The molecular formula is C20H25N3O6S. The molecular weight excluding hydrogens is 410 g/mol. The molecule has 10 heteroatoms. The van der Waals surface area contributed by atoms with Crippen molar-refractivity contribution < 1.29 is 27.5 Å². The zero-order valence-corrected chi connectivity index (χ0v) is 18.1. The number of carbonyl (C=O) groups is 2. The molecule has 2 amide bonds. The molecule has 2 rings (SSSR count). The van der Waals surface area contributed by atoms with E-state index in [0.717, 1.165) is 11.8 Å². The van der Waals surface area contributed by atoms with Gasteiger partial charge in [-0.25, -0.2) is 8.42 Å². The SMILES string of the molecule is COc1cc(CNC(=O)c2ccc(NS(C)(=O)=O)cc2)ccc1OCC(=O)N(C)C. The van der Waals surface area contributed by atoms with Crippen LogP contribution in [0, 0.1) is 0 Å². The molecule has 0 aliphatic heterocycles. The smallest absolute Gasteiger partial charge is 0.259 e. The largest absolute Gasteiger partial charge is 0.493 e. The Labute approximate surface area is 176 Å². The van der Waals surface area contributed by atoms with Crippen molar-refractivity contribution in [1.82, 2.24) is 10.2 Å². The summed E-state index contributed by atoms with van der Waals surface area (Å²) in [7, 11) is 1.40. The van der Waals surface area contributed by atoms with Crippen LogP contribution in [0.1, 0.15) is 15.9 Å². The molecule has 0 aliphatic rings. The first-order valence-electron chi connectivity index (χ1n) is 8.95. The van der Waals surface area contributed by atoms with Gasteiger partial charge in [0, 0.05) is 31.9 Å². The predicted octanol–water partition coefficient (Wildman–Crippen LogP) is 1.46. The molecule has 162 valence electrons. The number of rotatable bonds is 9. The van der Waals surface area contributed by atoms with Crippen molar-refractivity contribution in [3.05, 3.63) is 53.6 Å². The molecule has 0 saturated heterocycles. The molecule has 30 heavy (non-hydrogen) atoms. The standard InChI is InChI=1S/C20H25N3O6S/c1-23(2)19(24)13-29-17-10-5-14(11-18(17)28-3)12-21-20(25)15-6-8-16(9-7-15)22-30(4,26)27/h5-11,22H,12-13H2,1-4H3,(H,21,25). The lowest BCUT2D eigenvalue weighted by molar-refractivity contribution is -0.130. The van der Waals surface area contributed by atoms with Crippen LogP contribution in [0.3, 0.4) is 0 Å². The average Bonchev–Trinajstić information content (AvgIpc) is 2.69. The first kappa shape index (κ1) is 23.0. The maximum Gasteiger partial charge on any atom is 0.259 e. The summed E-state index contributed by atoms with van der Waals surface area (Å²) in [6.07, 6.45) is 1.05. The average molecular weight is 436 g/mol. The molecule has 2 N–H and O–H groups in total. The van der Waals surface area contributed by atoms with E-state index in [1.165, 1.54) is 36.3 Å². The molecule has 9 nitrogen and oxygen atoms in total. The summed E-state index contributed by atoms with van der Waals surface area (Å²) in [5.74, 6) is 0.393. The number of nitrogens with one attached hydrogen (secondary N) is 2. The Kier molecular flexibility index (Phi) is 7.65. The first-order valence-corrected chi connectivity index (χ1v) is 10.8. The van der Waals surface area contributed by atoms with Gasteiger partial charge in [-0.05, 0) is 42.0 Å². The fourth-order valence-electron chi connectivity index (χ4n) is 2.40. The second-order valence-corrected chi connectivity index (χ2v) is 8.44. The van der Waals surface area contributed by atoms with Gasteiger partial charge in [0.05, 0.1) is 13.4 Å². The Hall–Kier alpha value is -3.27. The van der Waals surface area contributed by atoms with E-state index in [2.05, 4.69) is 10.0 Å². The number of nitrogens with zero attached hydrogens (tertiary/aromatic N) is 1. The van der Waals surface area contributed by atoms with Gasteiger partial charge in [-0.1, -0.05) is 6.07 Å². The second-order valence-electron chi connectivity index (χ2n) is 6.70. The van der Waals surface area contributed by atoms with E-state index in [1.807, 2.05) is 0 Å². The van der Waals surface area contributed by atoms with Crippen LogP contribution in [0.25, 0.3) is 0 Å².